The van der Waals surface area contributed by atoms with E-state index in [1.807, 2.05) is 30.3 Å². The first-order chi connectivity index (χ1) is 17.5. The molecule has 180 valence electrons. The summed E-state index contributed by atoms with van der Waals surface area (Å²) in [7, 11) is 3.10. The van der Waals surface area contributed by atoms with E-state index < -0.39 is 17.5 Å². The van der Waals surface area contributed by atoms with Crippen molar-refractivity contribution in [3.8, 4) is 11.5 Å². The number of Topliss-reactive ketones (excluding diaryl/α,β-unsaturated/α-hetero) is 1. The molecular weight excluding hydrogens is 456 g/mol. The molecule has 0 unspecified atom stereocenters. The van der Waals surface area contributed by atoms with Crippen LogP contribution in [0.4, 0.5) is 4.79 Å². The Balaban J connectivity index is 1.52. The van der Waals surface area contributed by atoms with Crippen molar-refractivity contribution >= 4 is 28.5 Å². The topological polar surface area (TPSA) is 84.9 Å². The second-order valence-corrected chi connectivity index (χ2v) is 8.51. The molecule has 0 saturated carbocycles. The van der Waals surface area contributed by atoms with Crippen LogP contribution in [-0.2, 0) is 10.3 Å². The maximum absolute atomic E-state index is 14.0. The summed E-state index contributed by atoms with van der Waals surface area (Å²) < 4.78 is 10.5. The average Bonchev–Trinajstić information content (AvgIpc) is 3.18. The van der Waals surface area contributed by atoms with Crippen LogP contribution >= 0.6 is 0 Å². The molecule has 1 aliphatic rings. The van der Waals surface area contributed by atoms with Gasteiger partial charge in [-0.25, -0.2) is 4.79 Å². The number of nitrogens with one attached hydrogen (secondary N) is 1. The fourth-order valence-corrected chi connectivity index (χ4v) is 4.56. The number of hydrogen-bond donors (Lipinski definition) is 1. The van der Waals surface area contributed by atoms with Gasteiger partial charge in [-0.15, -0.1) is 0 Å². The van der Waals surface area contributed by atoms with Crippen LogP contribution in [0.3, 0.4) is 0 Å². The summed E-state index contributed by atoms with van der Waals surface area (Å²) >= 11 is 0. The highest BCUT2D eigenvalue weighted by atomic mass is 16.5. The van der Waals surface area contributed by atoms with Crippen molar-refractivity contribution in [2.24, 2.45) is 0 Å². The van der Waals surface area contributed by atoms with E-state index in [1.54, 1.807) is 74.9 Å². The van der Waals surface area contributed by atoms with Crippen molar-refractivity contribution in [2.75, 3.05) is 20.8 Å². The van der Waals surface area contributed by atoms with Crippen molar-refractivity contribution in [1.82, 2.24) is 10.2 Å². The third-order valence-corrected chi connectivity index (χ3v) is 6.52. The van der Waals surface area contributed by atoms with Gasteiger partial charge in [0, 0.05) is 5.56 Å². The number of rotatable bonds is 7. The molecule has 36 heavy (non-hydrogen) atoms. The van der Waals surface area contributed by atoms with Crippen LogP contribution in [0.2, 0.25) is 0 Å². The molecule has 0 aliphatic carbocycles. The Morgan fingerprint density at radius 2 is 1.33 bits per heavy atom. The molecule has 1 aliphatic heterocycles. The largest absolute Gasteiger partial charge is 0.497 e. The van der Waals surface area contributed by atoms with Crippen LogP contribution in [-0.4, -0.2) is 43.4 Å². The molecule has 4 aromatic carbocycles. The Kier molecular flexibility index (Phi) is 5.90. The van der Waals surface area contributed by atoms with Gasteiger partial charge < -0.3 is 14.8 Å². The van der Waals surface area contributed by atoms with E-state index in [1.165, 1.54) is 0 Å². The van der Waals surface area contributed by atoms with Crippen LogP contribution in [0.1, 0.15) is 21.5 Å². The molecule has 0 radical (unpaired) electrons. The minimum absolute atomic E-state index is 0.329. The minimum atomic E-state index is -1.50. The molecule has 1 heterocycles. The van der Waals surface area contributed by atoms with Gasteiger partial charge in [0.25, 0.3) is 5.91 Å². The second-order valence-electron chi connectivity index (χ2n) is 8.51. The zero-order valence-corrected chi connectivity index (χ0v) is 19.9. The van der Waals surface area contributed by atoms with Crippen LogP contribution in [0.5, 0.6) is 11.5 Å². The quantitative estimate of drug-likeness (QED) is 0.310. The third kappa shape index (κ3) is 3.84. The molecule has 1 fully saturated rings. The number of urea groups is 1. The van der Waals surface area contributed by atoms with Gasteiger partial charge in [-0.2, -0.15) is 0 Å². The Hall–Kier alpha value is -4.65. The minimum Gasteiger partial charge on any atom is -0.497 e. The zero-order valence-electron chi connectivity index (χ0n) is 19.9. The van der Waals surface area contributed by atoms with Crippen molar-refractivity contribution in [3.05, 3.63) is 108 Å². The standard InChI is InChI=1S/C29H24N2O5/c1-35-24-13-9-22(10-14-24)29(23-11-15-25(36-2)16-12-23)27(33)31(28(34)30-29)18-26(32)21-8-7-19-5-3-4-6-20(19)17-21/h3-17H,18H2,1-2H3,(H,30,34). The lowest BCUT2D eigenvalue weighted by Crippen LogP contribution is -2.45. The smallest absolute Gasteiger partial charge is 0.325 e. The molecule has 4 aromatic rings. The fraction of sp³-hybridized carbons (Fsp3) is 0.138. The number of hydrogen-bond acceptors (Lipinski definition) is 5. The highest BCUT2D eigenvalue weighted by Crippen LogP contribution is 2.37. The van der Waals surface area contributed by atoms with Crippen LogP contribution in [0.15, 0.2) is 91.0 Å². The Morgan fingerprint density at radius 1 is 0.778 bits per heavy atom. The van der Waals surface area contributed by atoms with Crippen LogP contribution < -0.4 is 14.8 Å². The predicted molar refractivity (Wildman–Crippen MR) is 135 cm³/mol. The molecule has 0 spiro atoms. The zero-order chi connectivity index (χ0) is 25.3. The number of ether oxygens (including phenoxy) is 2. The first-order valence-corrected chi connectivity index (χ1v) is 11.4. The van der Waals surface area contributed by atoms with E-state index in [0.717, 1.165) is 15.7 Å². The van der Waals surface area contributed by atoms with E-state index in [2.05, 4.69) is 5.32 Å². The van der Waals surface area contributed by atoms with Crippen LogP contribution in [0, 0.1) is 0 Å². The first-order valence-electron chi connectivity index (χ1n) is 11.4. The Bertz CT molecular complexity index is 1410. The Labute approximate surface area is 208 Å². The van der Waals surface area contributed by atoms with E-state index in [-0.39, 0.29) is 12.3 Å². The van der Waals surface area contributed by atoms with Crippen molar-refractivity contribution < 1.29 is 23.9 Å². The molecule has 1 N–H and O–H groups in total. The molecular formula is C29H24N2O5. The number of amides is 3. The van der Waals surface area contributed by atoms with Gasteiger partial charge in [0.05, 0.1) is 20.8 Å². The van der Waals surface area contributed by atoms with Crippen molar-refractivity contribution in [3.63, 3.8) is 0 Å². The Morgan fingerprint density at radius 3 is 1.89 bits per heavy atom. The molecule has 1 saturated heterocycles. The SMILES string of the molecule is COc1ccc(C2(c3ccc(OC)cc3)NC(=O)N(CC(=O)c3ccc4ccccc4c3)C2=O)cc1. The molecule has 3 amide bonds. The molecule has 7 nitrogen and oxygen atoms in total. The number of carbonyl (C=O) groups excluding carboxylic acids is 3. The van der Waals surface area contributed by atoms with Gasteiger partial charge in [-0.05, 0) is 52.2 Å². The maximum atomic E-state index is 14.0. The number of imide groups is 1. The van der Waals surface area contributed by atoms with Gasteiger partial charge in [0.1, 0.15) is 11.5 Å². The van der Waals surface area contributed by atoms with E-state index in [9.17, 15) is 14.4 Å². The molecule has 0 bridgehead atoms. The predicted octanol–water partition coefficient (Wildman–Crippen LogP) is 4.54. The number of nitrogens with zero attached hydrogens (tertiary/aromatic N) is 1. The summed E-state index contributed by atoms with van der Waals surface area (Å²) in [5, 5.41) is 4.78. The lowest BCUT2D eigenvalue weighted by Gasteiger charge is -2.28. The fourth-order valence-electron chi connectivity index (χ4n) is 4.56. The number of fused-ring (bicyclic) bond motifs is 1. The summed E-state index contributed by atoms with van der Waals surface area (Å²) in [5.41, 5.74) is 0.0277. The summed E-state index contributed by atoms with van der Waals surface area (Å²) in [6.07, 6.45) is 0. The number of carbonyl (C=O) groups is 3. The number of ketones is 1. The van der Waals surface area contributed by atoms with Crippen molar-refractivity contribution in [2.45, 2.75) is 5.54 Å². The molecule has 0 aromatic heterocycles. The van der Waals surface area contributed by atoms with Crippen LogP contribution in [0.25, 0.3) is 10.8 Å². The molecule has 7 heteroatoms. The highest BCUT2D eigenvalue weighted by Gasteiger charge is 2.54. The highest BCUT2D eigenvalue weighted by molar-refractivity contribution is 6.13. The van der Waals surface area contributed by atoms with Gasteiger partial charge in [0.2, 0.25) is 0 Å². The molecule has 5 rings (SSSR count). The van der Waals surface area contributed by atoms with Gasteiger partial charge in [0.15, 0.2) is 11.3 Å². The van der Waals surface area contributed by atoms with Gasteiger partial charge >= 0.3 is 6.03 Å². The number of benzene rings is 4. The third-order valence-electron chi connectivity index (χ3n) is 6.52. The summed E-state index contributed by atoms with van der Waals surface area (Å²) in [4.78, 5) is 41.3. The van der Waals surface area contributed by atoms with E-state index in [4.69, 9.17) is 9.47 Å². The molecule has 0 atom stereocenters. The van der Waals surface area contributed by atoms with Gasteiger partial charge in [-0.3, -0.25) is 14.5 Å². The summed E-state index contributed by atoms with van der Waals surface area (Å²) in [6.45, 7) is -0.378. The summed E-state index contributed by atoms with van der Waals surface area (Å²) in [5.74, 6) is 0.369. The maximum Gasteiger partial charge on any atom is 0.325 e. The first kappa shape index (κ1) is 23.1. The number of methoxy groups -OCH3 is 2. The summed E-state index contributed by atoms with van der Waals surface area (Å²) in [6, 6.07) is 26.2. The average molecular weight is 481 g/mol. The van der Waals surface area contributed by atoms with Gasteiger partial charge in [-0.1, -0.05) is 60.7 Å². The van der Waals surface area contributed by atoms with E-state index >= 15 is 0 Å². The normalized spacial score (nSPS) is 14.6. The monoisotopic (exact) mass is 480 g/mol. The second kappa shape index (κ2) is 9.19. The lowest BCUT2D eigenvalue weighted by atomic mass is 9.82. The van der Waals surface area contributed by atoms with Crippen molar-refractivity contribution in [1.29, 1.82) is 0 Å². The van der Waals surface area contributed by atoms with E-state index in [0.29, 0.717) is 28.2 Å². The lowest BCUT2D eigenvalue weighted by molar-refractivity contribution is -0.129.